The van der Waals surface area contributed by atoms with E-state index < -0.39 is 5.60 Å². The summed E-state index contributed by atoms with van der Waals surface area (Å²) in [6.45, 7) is 2.90. The number of rotatable bonds is 3. The van der Waals surface area contributed by atoms with Crippen LogP contribution >= 0.6 is 0 Å². The predicted molar refractivity (Wildman–Crippen MR) is 67.2 cm³/mol. The first-order valence-corrected chi connectivity index (χ1v) is 7.11. The fraction of sp³-hybridized carbons (Fsp3) is 1.00. The van der Waals surface area contributed by atoms with Gasteiger partial charge in [-0.1, -0.05) is 39.0 Å². The lowest BCUT2D eigenvalue weighted by atomic mass is 9.59. The third kappa shape index (κ3) is 1.70. The molecule has 2 atom stereocenters. The van der Waals surface area contributed by atoms with E-state index >= 15 is 0 Å². The molecule has 2 unspecified atom stereocenters. The van der Waals surface area contributed by atoms with Crippen LogP contribution in [0.1, 0.15) is 64.7 Å². The van der Waals surface area contributed by atoms with Gasteiger partial charge in [0.15, 0.2) is 0 Å². The van der Waals surface area contributed by atoms with Crippen LogP contribution in [0.3, 0.4) is 0 Å². The Labute approximate surface area is 99.6 Å². The van der Waals surface area contributed by atoms with Crippen molar-refractivity contribution >= 4 is 0 Å². The molecule has 0 radical (unpaired) electrons. The van der Waals surface area contributed by atoms with Crippen LogP contribution in [0, 0.1) is 11.3 Å². The molecule has 94 valence electrons. The van der Waals surface area contributed by atoms with Gasteiger partial charge in [0.05, 0.1) is 5.60 Å². The van der Waals surface area contributed by atoms with E-state index in [0.29, 0.717) is 12.5 Å². The summed E-state index contributed by atoms with van der Waals surface area (Å²) in [4.78, 5) is 0. The Morgan fingerprint density at radius 1 is 1.12 bits per heavy atom. The van der Waals surface area contributed by atoms with E-state index in [0.717, 1.165) is 25.7 Å². The summed E-state index contributed by atoms with van der Waals surface area (Å²) in [7, 11) is 0. The van der Waals surface area contributed by atoms with E-state index in [2.05, 4.69) is 6.92 Å². The zero-order valence-corrected chi connectivity index (χ0v) is 10.7. The van der Waals surface area contributed by atoms with Crippen LogP contribution in [-0.2, 0) is 0 Å². The van der Waals surface area contributed by atoms with Crippen molar-refractivity contribution in [2.24, 2.45) is 17.1 Å². The Kier molecular flexibility index (Phi) is 3.60. The van der Waals surface area contributed by atoms with Crippen LogP contribution in [-0.4, -0.2) is 17.3 Å². The zero-order valence-electron chi connectivity index (χ0n) is 10.7. The third-order valence-electron chi connectivity index (χ3n) is 5.40. The maximum Gasteiger partial charge on any atom is 0.0743 e. The molecule has 2 aliphatic rings. The molecule has 3 N–H and O–H groups in total. The topological polar surface area (TPSA) is 46.2 Å². The van der Waals surface area contributed by atoms with Gasteiger partial charge in [0.25, 0.3) is 0 Å². The second-order valence-electron chi connectivity index (χ2n) is 5.97. The van der Waals surface area contributed by atoms with Crippen LogP contribution in [0.5, 0.6) is 0 Å². The van der Waals surface area contributed by atoms with Gasteiger partial charge in [0, 0.05) is 12.0 Å². The first-order chi connectivity index (χ1) is 7.68. The van der Waals surface area contributed by atoms with Gasteiger partial charge in [-0.2, -0.15) is 0 Å². The van der Waals surface area contributed by atoms with E-state index in [-0.39, 0.29) is 5.41 Å². The fourth-order valence-electron chi connectivity index (χ4n) is 4.34. The lowest BCUT2D eigenvalue weighted by Gasteiger charge is -2.50. The SMILES string of the molecule is CCC1CCCC1(O)C1(CN)CCCCC1. The molecule has 2 heteroatoms. The van der Waals surface area contributed by atoms with Gasteiger partial charge in [-0.05, 0) is 31.6 Å². The quantitative estimate of drug-likeness (QED) is 0.776. The van der Waals surface area contributed by atoms with Crippen molar-refractivity contribution in [2.75, 3.05) is 6.54 Å². The molecule has 0 aromatic heterocycles. The van der Waals surface area contributed by atoms with Gasteiger partial charge < -0.3 is 10.8 Å². The van der Waals surface area contributed by atoms with Crippen molar-refractivity contribution < 1.29 is 5.11 Å². The van der Waals surface area contributed by atoms with Crippen molar-refractivity contribution in [3.8, 4) is 0 Å². The van der Waals surface area contributed by atoms with Gasteiger partial charge in [-0.15, -0.1) is 0 Å². The Morgan fingerprint density at radius 2 is 1.81 bits per heavy atom. The lowest BCUT2D eigenvalue weighted by Crippen LogP contribution is -2.55. The highest BCUT2D eigenvalue weighted by molar-refractivity contribution is 5.06. The minimum atomic E-state index is -0.447. The average Bonchev–Trinajstić information content (AvgIpc) is 2.73. The second kappa shape index (κ2) is 4.66. The lowest BCUT2D eigenvalue weighted by molar-refractivity contribution is -0.125. The standard InChI is InChI=1S/C14H27NO/c1-2-12-7-6-10-14(12,16)13(11-15)8-4-3-5-9-13/h12,16H,2-11,15H2,1H3. The molecular weight excluding hydrogens is 198 g/mol. The Hall–Kier alpha value is -0.0800. The molecule has 0 heterocycles. The van der Waals surface area contributed by atoms with E-state index in [1.54, 1.807) is 0 Å². The van der Waals surface area contributed by atoms with E-state index in [1.807, 2.05) is 0 Å². The molecule has 0 saturated heterocycles. The van der Waals surface area contributed by atoms with E-state index in [1.165, 1.54) is 32.1 Å². The monoisotopic (exact) mass is 225 g/mol. The van der Waals surface area contributed by atoms with E-state index in [9.17, 15) is 5.11 Å². The molecule has 2 fully saturated rings. The fourth-order valence-corrected chi connectivity index (χ4v) is 4.34. The van der Waals surface area contributed by atoms with Crippen molar-refractivity contribution in [1.29, 1.82) is 0 Å². The molecular formula is C14H27NO. The van der Waals surface area contributed by atoms with Gasteiger partial charge in [0.2, 0.25) is 0 Å². The zero-order chi connectivity index (χ0) is 11.6. The molecule has 2 rings (SSSR count). The first-order valence-electron chi connectivity index (χ1n) is 7.11. The third-order valence-corrected chi connectivity index (χ3v) is 5.40. The maximum absolute atomic E-state index is 11.1. The molecule has 0 spiro atoms. The van der Waals surface area contributed by atoms with Crippen LogP contribution in [0.2, 0.25) is 0 Å². The summed E-state index contributed by atoms with van der Waals surface area (Å²) in [6.07, 6.45) is 10.6. The van der Waals surface area contributed by atoms with Crippen LogP contribution in [0.25, 0.3) is 0 Å². The van der Waals surface area contributed by atoms with Gasteiger partial charge in [0.1, 0.15) is 0 Å². The van der Waals surface area contributed by atoms with Gasteiger partial charge >= 0.3 is 0 Å². The first kappa shape index (κ1) is 12.4. The summed E-state index contributed by atoms with van der Waals surface area (Å²) in [5, 5.41) is 11.1. The number of aliphatic hydroxyl groups is 1. The predicted octanol–water partition coefficient (Wildman–Crippen LogP) is 2.84. The summed E-state index contributed by atoms with van der Waals surface area (Å²) in [5.74, 6) is 0.495. The molecule has 0 aromatic rings. The number of hydrogen-bond acceptors (Lipinski definition) is 2. The van der Waals surface area contributed by atoms with Crippen molar-refractivity contribution in [3.05, 3.63) is 0 Å². The van der Waals surface area contributed by atoms with E-state index in [4.69, 9.17) is 5.73 Å². The molecule has 0 aliphatic heterocycles. The average molecular weight is 225 g/mol. The van der Waals surface area contributed by atoms with Gasteiger partial charge in [-0.3, -0.25) is 0 Å². The summed E-state index contributed by atoms with van der Waals surface area (Å²) < 4.78 is 0. The normalized spacial score (nSPS) is 38.8. The number of nitrogens with two attached hydrogens (primary N) is 1. The van der Waals surface area contributed by atoms with Crippen LogP contribution < -0.4 is 5.73 Å². The summed E-state index contributed by atoms with van der Waals surface area (Å²) in [6, 6.07) is 0. The Balaban J connectivity index is 2.24. The molecule has 2 nitrogen and oxygen atoms in total. The molecule has 0 aromatic carbocycles. The van der Waals surface area contributed by atoms with Gasteiger partial charge in [-0.25, -0.2) is 0 Å². The number of hydrogen-bond donors (Lipinski definition) is 2. The molecule has 16 heavy (non-hydrogen) atoms. The molecule has 2 saturated carbocycles. The highest BCUT2D eigenvalue weighted by atomic mass is 16.3. The Bertz CT molecular complexity index is 235. The van der Waals surface area contributed by atoms with Crippen LogP contribution in [0.4, 0.5) is 0 Å². The van der Waals surface area contributed by atoms with Crippen LogP contribution in [0.15, 0.2) is 0 Å². The smallest absolute Gasteiger partial charge is 0.0743 e. The summed E-state index contributed by atoms with van der Waals surface area (Å²) in [5.41, 5.74) is 5.66. The highest BCUT2D eigenvalue weighted by Crippen LogP contribution is 2.54. The second-order valence-corrected chi connectivity index (χ2v) is 5.97. The largest absolute Gasteiger partial charge is 0.389 e. The Morgan fingerprint density at radius 3 is 2.38 bits per heavy atom. The maximum atomic E-state index is 11.1. The molecule has 0 amide bonds. The molecule has 2 aliphatic carbocycles. The summed E-state index contributed by atoms with van der Waals surface area (Å²) >= 11 is 0. The molecule has 0 bridgehead atoms. The van der Waals surface area contributed by atoms with Crippen molar-refractivity contribution in [2.45, 2.75) is 70.3 Å². The minimum absolute atomic E-state index is 0.0441. The van der Waals surface area contributed by atoms with Crippen molar-refractivity contribution in [3.63, 3.8) is 0 Å². The minimum Gasteiger partial charge on any atom is -0.389 e. The van der Waals surface area contributed by atoms with Crippen molar-refractivity contribution in [1.82, 2.24) is 0 Å². The highest BCUT2D eigenvalue weighted by Gasteiger charge is 2.55.